The van der Waals surface area contributed by atoms with Crippen LogP contribution in [0.4, 0.5) is 11.4 Å². The molecular formula is C31H31N7O7S2. The maximum absolute atomic E-state index is 13.4. The van der Waals surface area contributed by atoms with Gasteiger partial charge in [-0.15, -0.1) is 11.3 Å². The first kappa shape index (κ1) is 32.1. The lowest BCUT2D eigenvalue weighted by molar-refractivity contribution is -0.0705. The number of ether oxygens (including phenoxy) is 2. The predicted molar refractivity (Wildman–Crippen MR) is 175 cm³/mol. The number of carbonyl (C=O) groups excluding carboxylic acids is 1. The van der Waals surface area contributed by atoms with E-state index in [0.29, 0.717) is 34.3 Å². The molecule has 0 saturated carbocycles. The molecule has 1 unspecified atom stereocenters. The topological polar surface area (TPSA) is 189 Å². The molecule has 16 heteroatoms. The van der Waals surface area contributed by atoms with Crippen molar-refractivity contribution in [2.45, 2.75) is 37.5 Å². The number of amides is 1. The fourth-order valence-electron chi connectivity index (χ4n) is 5.52. The smallest absolute Gasteiger partial charge is 0.337 e. The lowest BCUT2D eigenvalue weighted by Crippen LogP contribution is -2.44. The van der Waals surface area contributed by atoms with E-state index < -0.39 is 26.8 Å². The summed E-state index contributed by atoms with van der Waals surface area (Å²) in [6, 6.07) is 10.3. The normalized spacial score (nSPS) is 17.0. The summed E-state index contributed by atoms with van der Waals surface area (Å²) in [6.07, 6.45) is 3.33. The maximum Gasteiger partial charge on any atom is 0.337 e. The number of morpholine rings is 1. The fraction of sp³-hybridized carbons (Fsp3) is 0.258. The van der Waals surface area contributed by atoms with Crippen LogP contribution in [-0.4, -0.2) is 82.9 Å². The van der Waals surface area contributed by atoms with Gasteiger partial charge in [-0.2, -0.15) is 5.10 Å². The van der Waals surface area contributed by atoms with Gasteiger partial charge in [-0.1, -0.05) is 12.1 Å². The van der Waals surface area contributed by atoms with Crippen LogP contribution in [0.5, 0.6) is 5.88 Å². The highest BCUT2D eigenvalue weighted by molar-refractivity contribution is 7.92. The summed E-state index contributed by atoms with van der Waals surface area (Å²) >= 11 is 1.42. The van der Waals surface area contributed by atoms with E-state index in [2.05, 4.69) is 35.1 Å². The molecule has 5 aromatic rings. The number of nitrogens with zero attached hydrogens (tertiary/aromatic N) is 4. The van der Waals surface area contributed by atoms with Crippen molar-refractivity contribution in [2.24, 2.45) is 0 Å². The summed E-state index contributed by atoms with van der Waals surface area (Å²) in [5, 5.41) is 22.7. The van der Waals surface area contributed by atoms with E-state index in [4.69, 9.17) is 9.47 Å². The van der Waals surface area contributed by atoms with Crippen LogP contribution >= 0.6 is 11.3 Å². The SMILES string of the molecule is COc1ncc(-c2cc(NC(=O)c3csc(CN4CC(C)O[C@@H](C)C4)n3)c3cn[nH]c3c2)cc1NS(=O)(=O)c1ccccc1C(=O)O. The van der Waals surface area contributed by atoms with Gasteiger partial charge in [0.2, 0.25) is 5.88 Å². The van der Waals surface area contributed by atoms with Gasteiger partial charge in [0.1, 0.15) is 21.3 Å². The zero-order chi connectivity index (χ0) is 33.3. The number of hydrogen-bond donors (Lipinski definition) is 4. The first-order valence-corrected chi connectivity index (χ1v) is 16.9. The van der Waals surface area contributed by atoms with Crippen molar-refractivity contribution in [2.75, 3.05) is 30.2 Å². The minimum atomic E-state index is -4.35. The van der Waals surface area contributed by atoms with Crippen LogP contribution in [-0.2, 0) is 21.3 Å². The minimum Gasteiger partial charge on any atom is -0.480 e. The van der Waals surface area contributed by atoms with Crippen LogP contribution in [0.2, 0.25) is 0 Å². The Kier molecular flexibility index (Phi) is 8.92. The van der Waals surface area contributed by atoms with E-state index >= 15 is 0 Å². The van der Waals surface area contributed by atoms with E-state index in [1.54, 1.807) is 23.7 Å². The number of carboxylic acid groups (broad SMARTS) is 1. The number of carboxylic acids is 1. The molecule has 0 radical (unpaired) electrons. The highest BCUT2D eigenvalue weighted by atomic mass is 32.2. The number of benzene rings is 2. The molecule has 1 aliphatic rings. The molecule has 4 N–H and O–H groups in total. The van der Waals surface area contributed by atoms with Crippen LogP contribution in [0, 0.1) is 0 Å². The first-order chi connectivity index (χ1) is 22.5. The molecule has 0 bridgehead atoms. The van der Waals surface area contributed by atoms with Crippen molar-refractivity contribution in [1.82, 2.24) is 25.1 Å². The summed E-state index contributed by atoms with van der Waals surface area (Å²) < 4.78 is 40.1. The number of methoxy groups -OCH3 is 1. The highest BCUT2D eigenvalue weighted by Gasteiger charge is 2.25. The molecule has 14 nitrogen and oxygen atoms in total. The molecule has 3 aromatic heterocycles. The zero-order valence-electron chi connectivity index (χ0n) is 25.6. The van der Waals surface area contributed by atoms with Gasteiger partial charge in [0, 0.05) is 35.6 Å². The molecule has 2 atom stereocenters. The van der Waals surface area contributed by atoms with Crippen LogP contribution in [0.1, 0.15) is 39.7 Å². The Morgan fingerprint density at radius 2 is 1.85 bits per heavy atom. The second-order valence-corrected chi connectivity index (χ2v) is 13.7. The third-order valence-electron chi connectivity index (χ3n) is 7.47. The van der Waals surface area contributed by atoms with Gasteiger partial charge in [-0.05, 0) is 49.7 Å². The number of aromatic nitrogens is 4. The number of hydrogen-bond acceptors (Lipinski definition) is 11. The van der Waals surface area contributed by atoms with Crippen molar-refractivity contribution >= 4 is 55.5 Å². The van der Waals surface area contributed by atoms with Crippen LogP contribution < -0.4 is 14.8 Å². The lowest BCUT2D eigenvalue weighted by Gasteiger charge is -2.34. The summed E-state index contributed by atoms with van der Waals surface area (Å²) in [5.41, 5.74) is 2.01. The van der Waals surface area contributed by atoms with Crippen molar-refractivity contribution < 1.29 is 32.6 Å². The third kappa shape index (κ3) is 6.95. The number of aromatic amines is 1. The molecule has 2 aromatic carbocycles. The van der Waals surface area contributed by atoms with Gasteiger partial charge in [-0.3, -0.25) is 19.5 Å². The summed E-state index contributed by atoms with van der Waals surface area (Å²) in [7, 11) is -3.02. The van der Waals surface area contributed by atoms with Gasteiger partial charge in [0.15, 0.2) is 0 Å². The number of H-pyrrole nitrogens is 1. The third-order valence-corrected chi connectivity index (χ3v) is 9.73. The Morgan fingerprint density at radius 1 is 1.11 bits per heavy atom. The van der Waals surface area contributed by atoms with Gasteiger partial charge in [-0.25, -0.2) is 23.2 Å². The number of anilines is 2. The second-order valence-electron chi connectivity index (χ2n) is 11.1. The second kappa shape index (κ2) is 13.1. The maximum atomic E-state index is 13.4. The molecule has 1 saturated heterocycles. The Labute approximate surface area is 273 Å². The van der Waals surface area contributed by atoms with Crippen molar-refractivity contribution in [3.63, 3.8) is 0 Å². The first-order valence-electron chi connectivity index (χ1n) is 14.5. The molecule has 0 spiro atoms. The summed E-state index contributed by atoms with van der Waals surface area (Å²) in [5.74, 6) is -1.81. The molecule has 47 heavy (non-hydrogen) atoms. The molecule has 0 aliphatic carbocycles. The standard InChI is InChI=1S/C31H31N7O7S2/c1-17-13-38(14-18(2)45-17)15-28-34-26(16-46-28)29(39)35-23-8-19(9-24-22(23)12-33-36-24)20-10-25(30(44-3)32-11-20)37-47(42,43)27-7-5-4-6-21(27)31(40)41/h4-12,16-18,37H,13-15H2,1-3H3,(H,33,36)(H,35,39)(H,40,41)/t17-,18?/m0/s1. The number of aromatic carboxylic acids is 1. The highest BCUT2D eigenvalue weighted by Crippen LogP contribution is 2.34. The van der Waals surface area contributed by atoms with E-state index in [1.807, 2.05) is 13.8 Å². The Morgan fingerprint density at radius 3 is 2.60 bits per heavy atom. The molecule has 244 valence electrons. The monoisotopic (exact) mass is 677 g/mol. The van der Waals surface area contributed by atoms with Crippen LogP contribution in [0.3, 0.4) is 0 Å². The number of thiazole rings is 1. The molecule has 1 aliphatic heterocycles. The Hall–Kier alpha value is -4.90. The van der Waals surface area contributed by atoms with Gasteiger partial charge in [0.25, 0.3) is 15.9 Å². The summed E-state index contributed by atoms with van der Waals surface area (Å²) in [6.45, 7) is 6.27. The Balaban J connectivity index is 1.27. The van der Waals surface area contributed by atoms with E-state index in [1.165, 1.54) is 55.0 Å². The number of nitrogens with one attached hydrogen (secondary N) is 3. The average molecular weight is 678 g/mol. The van der Waals surface area contributed by atoms with Crippen LogP contribution in [0.15, 0.2) is 65.1 Å². The fourth-order valence-corrected chi connectivity index (χ4v) is 7.59. The molecular weight excluding hydrogens is 647 g/mol. The number of carbonyl (C=O) groups is 2. The molecule has 6 rings (SSSR count). The van der Waals surface area contributed by atoms with Crippen molar-refractivity contribution in [3.05, 3.63) is 76.5 Å². The quantitative estimate of drug-likeness (QED) is 0.163. The summed E-state index contributed by atoms with van der Waals surface area (Å²) in [4.78, 5) is 35.8. The van der Waals surface area contributed by atoms with Gasteiger partial charge >= 0.3 is 5.97 Å². The number of pyridine rings is 1. The van der Waals surface area contributed by atoms with Crippen molar-refractivity contribution in [1.29, 1.82) is 0 Å². The predicted octanol–water partition coefficient (Wildman–Crippen LogP) is 4.45. The molecule has 1 amide bonds. The van der Waals surface area contributed by atoms with Gasteiger partial charge in [0.05, 0.1) is 48.8 Å². The van der Waals surface area contributed by atoms with E-state index in [0.717, 1.165) is 18.1 Å². The van der Waals surface area contributed by atoms with Crippen LogP contribution in [0.25, 0.3) is 22.0 Å². The lowest BCUT2D eigenvalue weighted by atomic mass is 10.0. The zero-order valence-corrected chi connectivity index (χ0v) is 27.2. The largest absolute Gasteiger partial charge is 0.480 e. The molecule has 1 fully saturated rings. The minimum absolute atomic E-state index is 0.0143. The average Bonchev–Trinajstić information content (AvgIpc) is 3.70. The Bertz CT molecular complexity index is 2070. The molecule has 4 heterocycles. The van der Waals surface area contributed by atoms with E-state index in [-0.39, 0.29) is 35.0 Å². The van der Waals surface area contributed by atoms with Gasteiger partial charge < -0.3 is 19.9 Å². The van der Waals surface area contributed by atoms with E-state index in [9.17, 15) is 23.1 Å². The number of rotatable bonds is 10. The van der Waals surface area contributed by atoms with Crippen molar-refractivity contribution in [3.8, 4) is 17.0 Å². The number of fused-ring (bicyclic) bond motifs is 1. The number of sulfonamides is 1.